The van der Waals surface area contributed by atoms with E-state index in [0.29, 0.717) is 26.3 Å². The van der Waals surface area contributed by atoms with Gasteiger partial charge in [0.1, 0.15) is 5.54 Å². The zero-order chi connectivity index (χ0) is 12.6. The van der Waals surface area contributed by atoms with Crippen LogP contribution in [0.25, 0.3) is 0 Å². The molecule has 3 heterocycles. The minimum Gasteiger partial charge on any atom is -0.391 e. The summed E-state index contributed by atoms with van der Waals surface area (Å²) in [4.78, 5) is 14.1. The van der Waals surface area contributed by atoms with Crippen molar-refractivity contribution in [2.75, 3.05) is 33.0 Å². The van der Waals surface area contributed by atoms with Gasteiger partial charge in [-0.3, -0.25) is 15.0 Å². The fourth-order valence-corrected chi connectivity index (χ4v) is 3.24. The van der Waals surface area contributed by atoms with E-state index < -0.39 is 0 Å². The van der Waals surface area contributed by atoms with Gasteiger partial charge >= 0.3 is 0 Å². The lowest BCUT2D eigenvalue weighted by atomic mass is 9.86. The quantitative estimate of drug-likeness (QED) is 0.540. The summed E-state index contributed by atoms with van der Waals surface area (Å²) >= 11 is 0. The van der Waals surface area contributed by atoms with Crippen LogP contribution >= 0.6 is 0 Å². The molecule has 3 saturated heterocycles. The van der Waals surface area contributed by atoms with Crippen molar-refractivity contribution in [1.82, 2.24) is 15.5 Å². The molecule has 2 atom stereocenters. The number of amides is 1. The molecule has 6 nitrogen and oxygen atoms in total. The van der Waals surface area contributed by atoms with Gasteiger partial charge in [0.25, 0.3) is 0 Å². The summed E-state index contributed by atoms with van der Waals surface area (Å²) in [5.41, 5.74) is -0.364. The molecular formula is C12H21N3O3. The van der Waals surface area contributed by atoms with Crippen LogP contribution < -0.4 is 10.6 Å². The molecule has 0 aromatic rings. The fourth-order valence-electron chi connectivity index (χ4n) is 3.24. The van der Waals surface area contributed by atoms with Crippen molar-refractivity contribution < 1.29 is 14.6 Å². The fraction of sp³-hybridized carbons (Fsp3) is 0.917. The van der Waals surface area contributed by atoms with E-state index in [9.17, 15) is 9.90 Å². The van der Waals surface area contributed by atoms with E-state index in [1.54, 1.807) is 0 Å². The van der Waals surface area contributed by atoms with Gasteiger partial charge in [0.15, 0.2) is 0 Å². The standard InChI is InChI=1S/C12H21N3O3/c16-10-1-6-18-7-9(10)15-4-2-12(3-5-15)11(17)13-8-14-12/h9-10,14,16H,1-8H2,(H,13,17). The van der Waals surface area contributed by atoms with Crippen molar-refractivity contribution in [1.29, 1.82) is 0 Å². The van der Waals surface area contributed by atoms with Gasteiger partial charge in [-0.1, -0.05) is 0 Å². The molecule has 0 radical (unpaired) electrons. The lowest BCUT2D eigenvalue weighted by Gasteiger charge is -2.43. The summed E-state index contributed by atoms with van der Waals surface area (Å²) in [5, 5.41) is 16.1. The van der Waals surface area contributed by atoms with Crippen LogP contribution in [0.4, 0.5) is 0 Å². The second kappa shape index (κ2) is 4.77. The van der Waals surface area contributed by atoms with Crippen LogP contribution in [0.15, 0.2) is 0 Å². The van der Waals surface area contributed by atoms with Gasteiger partial charge in [-0.15, -0.1) is 0 Å². The predicted octanol–water partition coefficient (Wildman–Crippen LogP) is -1.35. The molecule has 102 valence electrons. The predicted molar refractivity (Wildman–Crippen MR) is 64.9 cm³/mol. The molecule has 0 aromatic carbocycles. The van der Waals surface area contributed by atoms with Gasteiger partial charge in [-0.2, -0.15) is 0 Å². The van der Waals surface area contributed by atoms with Crippen molar-refractivity contribution in [3.05, 3.63) is 0 Å². The first-order valence-corrected chi connectivity index (χ1v) is 6.74. The van der Waals surface area contributed by atoms with Gasteiger partial charge in [-0.05, 0) is 19.3 Å². The van der Waals surface area contributed by atoms with E-state index in [0.717, 1.165) is 25.9 Å². The molecule has 0 aromatic heterocycles. The van der Waals surface area contributed by atoms with E-state index in [1.807, 2.05) is 0 Å². The average molecular weight is 255 g/mol. The van der Waals surface area contributed by atoms with Crippen LogP contribution in [0.2, 0.25) is 0 Å². The molecule has 1 amide bonds. The zero-order valence-electron chi connectivity index (χ0n) is 10.5. The number of rotatable bonds is 1. The maximum Gasteiger partial charge on any atom is 0.241 e. The summed E-state index contributed by atoms with van der Waals surface area (Å²) in [6.45, 7) is 3.51. The molecule has 3 N–H and O–H groups in total. The number of piperidine rings is 1. The molecule has 0 aliphatic carbocycles. The summed E-state index contributed by atoms with van der Waals surface area (Å²) in [6, 6.07) is 0.0977. The summed E-state index contributed by atoms with van der Waals surface area (Å²) < 4.78 is 5.45. The van der Waals surface area contributed by atoms with Crippen molar-refractivity contribution in [2.24, 2.45) is 0 Å². The van der Waals surface area contributed by atoms with Crippen LogP contribution in [0.3, 0.4) is 0 Å². The molecule has 1 spiro atoms. The van der Waals surface area contributed by atoms with Gasteiger partial charge in [0.05, 0.1) is 25.4 Å². The number of carbonyl (C=O) groups excluding carboxylic acids is 1. The second-order valence-corrected chi connectivity index (χ2v) is 5.48. The summed E-state index contributed by atoms with van der Waals surface area (Å²) in [6.07, 6.45) is 2.04. The largest absolute Gasteiger partial charge is 0.391 e. The Kier molecular flexibility index (Phi) is 3.27. The third-order valence-corrected chi connectivity index (χ3v) is 4.52. The molecule has 0 saturated carbocycles. The Morgan fingerprint density at radius 2 is 2.17 bits per heavy atom. The first-order valence-electron chi connectivity index (χ1n) is 6.74. The number of aliphatic hydroxyl groups excluding tert-OH is 1. The maximum atomic E-state index is 11.8. The topological polar surface area (TPSA) is 73.8 Å². The van der Waals surface area contributed by atoms with Gasteiger partial charge in [0, 0.05) is 19.7 Å². The lowest BCUT2D eigenvalue weighted by Crippen LogP contribution is -2.59. The van der Waals surface area contributed by atoms with E-state index in [2.05, 4.69) is 15.5 Å². The molecule has 18 heavy (non-hydrogen) atoms. The Morgan fingerprint density at radius 3 is 2.78 bits per heavy atom. The van der Waals surface area contributed by atoms with E-state index in [1.165, 1.54) is 0 Å². The Bertz CT molecular complexity index is 329. The van der Waals surface area contributed by atoms with E-state index >= 15 is 0 Å². The highest BCUT2D eigenvalue weighted by atomic mass is 16.5. The number of hydrogen-bond donors (Lipinski definition) is 3. The minimum atomic E-state index is -0.364. The number of carbonyl (C=O) groups is 1. The molecule has 2 unspecified atom stereocenters. The highest BCUT2D eigenvalue weighted by Gasteiger charge is 2.45. The zero-order valence-corrected chi connectivity index (χ0v) is 10.5. The van der Waals surface area contributed by atoms with Gasteiger partial charge < -0.3 is 15.2 Å². The lowest BCUT2D eigenvalue weighted by molar-refractivity contribution is -0.127. The van der Waals surface area contributed by atoms with E-state index in [-0.39, 0.29) is 23.6 Å². The average Bonchev–Trinajstić information content (AvgIpc) is 2.73. The first-order chi connectivity index (χ1) is 8.71. The first kappa shape index (κ1) is 12.3. The van der Waals surface area contributed by atoms with Gasteiger partial charge in [-0.25, -0.2) is 0 Å². The molecule has 3 fully saturated rings. The normalized spacial score (nSPS) is 36.8. The van der Waals surface area contributed by atoms with Crippen LogP contribution in [0, 0.1) is 0 Å². The van der Waals surface area contributed by atoms with Crippen LogP contribution in [0.5, 0.6) is 0 Å². The Morgan fingerprint density at radius 1 is 1.39 bits per heavy atom. The van der Waals surface area contributed by atoms with Crippen molar-refractivity contribution in [3.8, 4) is 0 Å². The highest BCUT2D eigenvalue weighted by Crippen LogP contribution is 2.27. The molecule has 3 aliphatic rings. The van der Waals surface area contributed by atoms with Crippen molar-refractivity contribution in [2.45, 2.75) is 36.9 Å². The smallest absolute Gasteiger partial charge is 0.241 e. The monoisotopic (exact) mass is 255 g/mol. The summed E-state index contributed by atoms with van der Waals surface area (Å²) in [7, 11) is 0. The molecule has 6 heteroatoms. The van der Waals surface area contributed by atoms with Crippen LogP contribution in [-0.4, -0.2) is 66.6 Å². The Balaban J connectivity index is 1.61. The van der Waals surface area contributed by atoms with Gasteiger partial charge in [0.2, 0.25) is 5.91 Å². The van der Waals surface area contributed by atoms with Crippen LogP contribution in [0.1, 0.15) is 19.3 Å². The molecular weight excluding hydrogens is 234 g/mol. The Hall–Kier alpha value is -0.690. The van der Waals surface area contributed by atoms with Crippen molar-refractivity contribution in [3.63, 3.8) is 0 Å². The Labute approximate surface area is 107 Å². The SMILES string of the molecule is O=C1NCNC12CCN(C1COCCC1O)CC2. The molecule has 3 rings (SSSR count). The number of ether oxygens (including phenoxy) is 1. The van der Waals surface area contributed by atoms with Crippen LogP contribution in [-0.2, 0) is 9.53 Å². The number of aliphatic hydroxyl groups is 1. The van der Waals surface area contributed by atoms with Crippen molar-refractivity contribution >= 4 is 5.91 Å². The number of hydrogen-bond acceptors (Lipinski definition) is 5. The number of nitrogens with zero attached hydrogens (tertiary/aromatic N) is 1. The molecule has 0 bridgehead atoms. The second-order valence-electron chi connectivity index (χ2n) is 5.48. The minimum absolute atomic E-state index is 0.0977. The maximum absolute atomic E-state index is 11.8. The van der Waals surface area contributed by atoms with E-state index in [4.69, 9.17) is 4.74 Å². The number of likely N-dealkylation sites (tertiary alicyclic amines) is 1. The third-order valence-electron chi connectivity index (χ3n) is 4.52. The highest BCUT2D eigenvalue weighted by molar-refractivity contribution is 5.88. The molecule has 3 aliphatic heterocycles. The number of nitrogens with one attached hydrogen (secondary N) is 2. The summed E-state index contributed by atoms with van der Waals surface area (Å²) in [5.74, 6) is 0.127. The third kappa shape index (κ3) is 2.03.